The van der Waals surface area contributed by atoms with Gasteiger partial charge in [0.1, 0.15) is 0 Å². The second-order valence-electron chi connectivity index (χ2n) is 7.77. The number of likely N-dealkylation sites (tertiary alicyclic amines) is 1. The molecule has 2 bridgehead atoms. The van der Waals surface area contributed by atoms with Crippen LogP contribution in [0.5, 0.6) is 0 Å². The Balaban J connectivity index is 1.64. The molecule has 0 spiro atoms. The highest BCUT2D eigenvalue weighted by molar-refractivity contribution is 5.29. The van der Waals surface area contributed by atoms with Gasteiger partial charge in [0.2, 0.25) is 0 Å². The zero-order valence-corrected chi connectivity index (χ0v) is 13.1. The molecule has 110 valence electrons. The summed E-state index contributed by atoms with van der Waals surface area (Å²) >= 11 is 0. The molecule has 3 atom stereocenters. The average Bonchev–Trinajstić information content (AvgIpc) is 3.00. The van der Waals surface area contributed by atoms with Crippen molar-refractivity contribution < 1.29 is 0 Å². The van der Waals surface area contributed by atoms with Crippen molar-refractivity contribution in [3.8, 4) is 0 Å². The molecule has 1 aromatic rings. The molecule has 1 saturated heterocycles. The molecule has 2 nitrogen and oxygen atoms in total. The number of hydrogen-bond acceptors (Lipinski definition) is 2. The van der Waals surface area contributed by atoms with Crippen LogP contribution in [-0.4, -0.2) is 24.0 Å². The molecule has 1 aliphatic heterocycles. The van der Waals surface area contributed by atoms with Crippen molar-refractivity contribution >= 4 is 0 Å². The predicted octanol–water partition coefficient (Wildman–Crippen LogP) is 3.47. The third kappa shape index (κ3) is 2.77. The first-order valence-corrected chi connectivity index (χ1v) is 8.03. The SMILES string of the molecule is CC(C)(C)c1ccc(C(N)CN2CC3CCC2C3)cc1. The van der Waals surface area contributed by atoms with E-state index in [1.54, 1.807) is 0 Å². The molecule has 1 aromatic carbocycles. The molecule has 3 rings (SSSR count). The minimum Gasteiger partial charge on any atom is -0.323 e. The van der Waals surface area contributed by atoms with Crippen LogP contribution in [0.4, 0.5) is 0 Å². The van der Waals surface area contributed by atoms with E-state index in [1.165, 1.54) is 36.9 Å². The van der Waals surface area contributed by atoms with Crippen LogP contribution in [0.1, 0.15) is 57.2 Å². The number of hydrogen-bond donors (Lipinski definition) is 1. The minimum absolute atomic E-state index is 0.156. The monoisotopic (exact) mass is 272 g/mol. The molecule has 0 radical (unpaired) electrons. The number of piperidine rings is 1. The van der Waals surface area contributed by atoms with Crippen molar-refractivity contribution in [1.29, 1.82) is 0 Å². The Bertz CT molecular complexity index is 457. The number of benzene rings is 1. The average molecular weight is 272 g/mol. The van der Waals surface area contributed by atoms with Crippen molar-refractivity contribution in [3.05, 3.63) is 35.4 Å². The van der Waals surface area contributed by atoms with Gasteiger partial charge in [-0.2, -0.15) is 0 Å². The number of fused-ring (bicyclic) bond motifs is 2. The molecule has 3 unspecified atom stereocenters. The van der Waals surface area contributed by atoms with Crippen molar-refractivity contribution in [1.82, 2.24) is 4.90 Å². The fourth-order valence-corrected chi connectivity index (χ4v) is 3.84. The normalized spacial score (nSPS) is 28.0. The van der Waals surface area contributed by atoms with Crippen molar-refractivity contribution in [2.75, 3.05) is 13.1 Å². The molecule has 1 heterocycles. The van der Waals surface area contributed by atoms with Gasteiger partial charge in [0.15, 0.2) is 0 Å². The van der Waals surface area contributed by atoms with E-state index in [-0.39, 0.29) is 11.5 Å². The fourth-order valence-electron chi connectivity index (χ4n) is 3.84. The van der Waals surface area contributed by atoms with E-state index < -0.39 is 0 Å². The fraction of sp³-hybridized carbons (Fsp3) is 0.667. The lowest BCUT2D eigenvalue weighted by Gasteiger charge is -2.29. The van der Waals surface area contributed by atoms with E-state index in [1.807, 2.05) is 0 Å². The van der Waals surface area contributed by atoms with Gasteiger partial charge in [-0.25, -0.2) is 0 Å². The lowest BCUT2D eigenvalue weighted by atomic mass is 9.86. The van der Waals surface area contributed by atoms with Crippen molar-refractivity contribution in [2.45, 2.75) is 57.5 Å². The summed E-state index contributed by atoms with van der Waals surface area (Å²) in [4.78, 5) is 2.62. The molecular formula is C18H28N2. The first kappa shape index (κ1) is 14.1. The third-order valence-corrected chi connectivity index (χ3v) is 5.16. The van der Waals surface area contributed by atoms with Gasteiger partial charge in [0.25, 0.3) is 0 Å². The highest BCUT2D eigenvalue weighted by Gasteiger charge is 2.38. The summed E-state index contributed by atoms with van der Waals surface area (Å²) in [5.74, 6) is 0.954. The summed E-state index contributed by atoms with van der Waals surface area (Å²) in [6.45, 7) is 9.06. The zero-order chi connectivity index (χ0) is 14.3. The van der Waals surface area contributed by atoms with Gasteiger partial charge in [0, 0.05) is 25.2 Å². The summed E-state index contributed by atoms with van der Waals surface area (Å²) in [6.07, 6.45) is 4.24. The molecule has 1 aliphatic carbocycles. The summed E-state index contributed by atoms with van der Waals surface area (Å²) in [5.41, 5.74) is 9.30. The molecule has 2 heteroatoms. The largest absolute Gasteiger partial charge is 0.323 e. The van der Waals surface area contributed by atoms with Crippen LogP contribution in [0, 0.1) is 5.92 Å². The Hall–Kier alpha value is -0.860. The van der Waals surface area contributed by atoms with Crippen LogP contribution in [0.2, 0.25) is 0 Å². The van der Waals surface area contributed by atoms with Gasteiger partial charge >= 0.3 is 0 Å². The summed E-state index contributed by atoms with van der Waals surface area (Å²) < 4.78 is 0. The predicted molar refractivity (Wildman–Crippen MR) is 84.8 cm³/mol. The molecule has 0 amide bonds. The second kappa shape index (κ2) is 5.16. The maximum absolute atomic E-state index is 6.42. The molecule has 2 fully saturated rings. The number of rotatable bonds is 3. The lowest BCUT2D eigenvalue weighted by Crippen LogP contribution is -2.37. The highest BCUT2D eigenvalue weighted by Crippen LogP contribution is 2.38. The summed E-state index contributed by atoms with van der Waals surface area (Å²) in [5, 5.41) is 0. The standard InChI is InChI=1S/C18H28N2/c1-18(2,3)15-7-5-14(6-8-15)17(19)12-20-11-13-4-9-16(20)10-13/h5-8,13,16-17H,4,9-12,19H2,1-3H3. The lowest BCUT2D eigenvalue weighted by molar-refractivity contribution is 0.202. The summed E-state index contributed by atoms with van der Waals surface area (Å²) in [6, 6.07) is 9.90. The van der Waals surface area contributed by atoms with Crippen LogP contribution in [0.15, 0.2) is 24.3 Å². The minimum atomic E-state index is 0.156. The summed E-state index contributed by atoms with van der Waals surface area (Å²) in [7, 11) is 0. The van der Waals surface area contributed by atoms with Gasteiger partial charge in [0.05, 0.1) is 0 Å². The maximum Gasteiger partial charge on any atom is 0.0424 e. The molecule has 1 saturated carbocycles. The molecular weight excluding hydrogens is 244 g/mol. The first-order chi connectivity index (χ1) is 9.43. The van der Waals surface area contributed by atoms with Gasteiger partial charge < -0.3 is 5.73 Å². The smallest absolute Gasteiger partial charge is 0.0424 e. The zero-order valence-electron chi connectivity index (χ0n) is 13.1. The van der Waals surface area contributed by atoms with Crippen molar-refractivity contribution in [2.24, 2.45) is 11.7 Å². The number of nitrogens with zero attached hydrogens (tertiary/aromatic N) is 1. The van der Waals surface area contributed by atoms with Gasteiger partial charge in [-0.1, -0.05) is 45.0 Å². The Kier molecular flexibility index (Phi) is 3.64. The molecule has 20 heavy (non-hydrogen) atoms. The maximum atomic E-state index is 6.42. The van der Waals surface area contributed by atoms with Crippen molar-refractivity contribution in [3.63, 3.8) is 0 Å². The Labute approximate surface area is 123 Å². The highest BCUT2D eigenvalue weighted by atomic mass is 15.2. The van der Waals surface area contributed by atoms with Crippen LogP contribution < -0.4 is 5.73 Å². The van der Waals surface area contributed by atoms with Gasteiger partial charge in [-0.15, -0.1) is 0 Å². The van der Waals surface area contributed by atoms with E-state index in [0.717, 1.165) is 18.5 Å². The van der Waals surface area contributed by atoms with E-state index in [0.29, 0.717) is 0 Å². The quantitative estimate of drug-likeness (QED) is 0.913. The van der Waals surface area contributed by atoms with E-state index in [9.17, 15) is 0 Å². The Morgan fingerprint density at radius 3 is 2.40 bits per heavy atom. The van der Waals surface area contributed by atoms with Crippen LogP contribution in [0.3, 0.4) is 0 Å². The Morgan fingerprint density at radius 1 is 1.20 bits per heavy atom. The second-order valence-corrected chi connectivity index (χ2v) is 7.77. The van der Waals surface area contributed by atoms with Gasteiger partial charge in [-0.3, -0.25) is 4.90 Å². The van der Waals surface area contributed by atoms with E-state index in [2.05, 4.69) is 49.9 Å². The Morgan fingerprint density at radius 2 is 1.90 bits per heavy atom. The molecule has 0 aromatic heterocycles. The van der Waals surface area contributed by atoms with E-state index >= 15 is 0 Å². The van der Waals surface area contributed by atoms with Crippen LogP contribution in [-0.2, 0) is 5.41 Å². The third-order valence-electron chi connectivity index (χ3n) is 5.16. The molecule has 2 aliphatic rings. The molecule has 2 N–H and O–H groups in total. The van der Waals surface area contributed by atoms with E-state index in [4.69, 9.17) is 5.73 Å². The van der Waals surface area contributed by atoms with Gasteiger partial charge in [-0.05, 0) is 41.7 Å². The van der Waals surface area contributed by atoms with Crippen LogP contribution in [0.25, 0.3) is 0 Å². The van der Waals surface area contributed by atoms with Crippen LogP contribution >= 0.6 is 0 Å². The topological polar surface area (TPSA) is 29.3 Å². The number of nitrogens with two attached hydrogens (primary N) is 1. The first-order valence-electron chi connectivity index (χ1n) is 8.03.